The van der Waals surface area contributed by atoms with Gasteiger partial charge in [0.15, 0.2) is 12.2 Å². The Morgan fingerprint density at radius 2 is 1.08 bits per heavy atom. The Bertz CT molecular complexity index is 296. The molecule has 0 spiro atoms. The zero-order valence-corrected chi connectivity index (χ0v) is 9.73. The van der Waals surface area contributed by atoms with Gasteiger partial charge in [-0.1, -0.05) is 0 Å². The van der Waals surface area contributed by atoms with Gasteiger partial charge in [0.05, 0.1) is 0 Å². The summed E-state index contributed by atoms with van der Waals surface area (Å²) in [6, 6.07) is 0. The zero-order valence-electron chi connectivity index (χ0n) is 5.48. The monoisotopic (exact) mass is 302 g/mol. The fourth-order valence-corrected chi connectivity index (χ4v) is 1.40. The molecule has 0 aliphatic rings. The molecule has 0 saturated carbocycles. The van der Waals surface area contributed by atoms with Crippen LogP contribution in [-0.4, -0.2) is 18.9 Å². The van der Waals surface area contributed by atoms with Gasteiger partial charge in [0.2, 0.25) is 0 Å². The molecule has 0 aromatic carbocycles. The van der Waals surface area contributed by atoms with E-state index < -0.39 is 12.2 Å². The van der Waals surface area contributed by atoms with Crippen molar-refractivity contribution in [3.8, 4) is 0 Å². The summed E-state index contributed by atoms with van der Waals surface area (Å²) in [7, 11) is 4.66. The van der Waals surface area contributed by atoms with Gasteiger partial charge in [-0.15, -0.1) is 0 Å². The quantitative estimate of drug-likeness (QED) is 0.489. The average Bonchev–Trinajstić information content (AvgIpc) is 2.85. The molecular formula is C2N2NiO4S4. The van der Waals surface area contributed by atoms with Crippen LogP contribution in [-0.2, 0) is 16.5 Å². The third-order valence-corrected chi connectivity index (χ3v) is 3.58. The van der Waals surface area contributed by atoms with E-state index in [1.807, 2.05) is 0 Å². The van der Waals surface area contributed by atoms with Crippen LogP contribution < -0.4 is 10.2 Å². The summed E-state index contributed by atoms with van der Waals surface area (Å²) in [6.07, 6.45) is -2.24. The van der Waals surface area contributed by atoms with Gasteiger partial charge < -0.3 is 19.8 Å². The van der Waals surface area contributed by atoms with Crippen molar-refractivity contribution < 1.29 is 36.3 Å². The van der Waals surface area contributed by atoms with Crippen molar-refractivity contribution in [3.05, 3.63) is 0 Å². The molecular weight excluding hydrogens is 303 g/mol. The first-order valence-electron chi connectivity index (χ1n) is 2.33. The molecule has 0 saturated heterocycles. The van der Waals surface area contributed by atoms with Crippen LogP contribution in [0.15, 0.2) is 0 Å². The maximum absolute atomic E-state index is 9.53. The minimum Gasteiger partial charge on any atom is -0.528 e. The number of carbonyl (C=O) groups is 2. The van der Waals surface area contributed by atoms with Gasteiger partial charge in [-0.25, -0.2) is 0 Å². The molecule has 0 unspecified atom stereocenters. The minimum atomic E-state index is -1.12. The molecule has 0 radical (unpaired) electrons. The maximum Gasteiger partial charge on any atom is 2.00 e. The maximum atomic E-state index is 9.53. The van der Waals surface area contributed by atoms with Crippen molar-refractivity contribution in [3.63, 3.8) is 0 Å². The molecule has 2 aromatic rings. The second kappa shape index (κ2) is 5.60. The predicted octanol–water partition coefficient (Wildman–Crippen LogP) is -0.397. The Kier molecular flexibility index (Phi) is 5.57. The molecule has 2 heterocycles. The van der Waals surface area contributed by atoms with Gasteiger partial charge in [0, 0.05) is 42.1 Å². The van der Waals surface area contributed by atoms with Crippen LogP contribution in [0, 0.1) is 0 Å². The Morgan fingerprint density at radius 3 is 1.08 bits per heavy atom. The first-order valence-corrected chi connectivity index (χ1v) is 6.45. The average molecular weight is 303 g/mol. The van der Waals surface area contributed by atoms with E-state index >= 15 is 0 Å². The molecule has 13 heavy (non-hydrogen) atoms. The van der Waals surface area contributed by atoms with E-state index in [9.17, 15) is 19.8 Å². The van der Waals surface area contributed by atoms with Crippen LogP contribution in [0.1, 0.15) is 0 Å². The molecule has 6 nitrogen and oxygen atoms in total. The molecule has 11 heteroatoms. The van der Waals surface area contributed by atoms with Crippen molar-refractivity contribution in [1.82, 2.24) is 6.69 Å². The summed E-state index contributed by atoms with van der Waals surface area (Å²) in [6.45, 7) is 0. The molecule has 0 aliphatic carbocycles. The summed E-state index contributed by atoms with van der Waals surface area (Å²) in [5.41, 5.74) is 0. The Morgan fingerprint density at radius 1 is 0.846 bits per heavy atom. The smallest absolute Gasteiger partial charge is 0.528 e. The molecule has 2 rings (SSSR count). The Balaban J connectivity index is 0.000000206. The number of carbonyl (C=O) groups excluding carboxylic acids is 2. The molecule has 0 bridgehead atoms. The largest absolute Gasteiger partial charge is 2.00 e. The van der Waals surface area contributed by atoms with Gasteiger partial charge >= 0.3 is 16.5 Å². The van der Waals surface area contributed by atoms with Gasteiger partial charge in [-0.3, -0.25) is 0 Å². The van der Waals surface area contributed by atoms with Crippen molar-refractivity contribution >= 4 is 54.3 Å². The third kappa shape index (κ3) is 6.05. The standard InChI is InChI=1S/2CHNO2S2.Ni/c2*3-1(4)2-5-6-2;/h2*(H,3,4);/q;;+2/p-2. The molecule has 2 aromatic heterocycles. The van der Waals surface area contributed by atoms with Crippen LogP contribution in [0.3, 0.4) is 0 Å². The van der Waals surface area contributed by atoms with Crippen molar-refractivity contribution in [2.24, 2.45) is 0 Å². The van der Waals surface area contributed by atoms with Crippen molar-refractivity contribution in [2.45, 2.75) is 0 Å². The van der Waals surface area contributed by atoms with Crippen LogP contribution >= 0.6 is 42.1 Å². The third-order valence-electron chi connectivity index (χ3n) is 0.596. The number of hydrogen-bond acceptors (Lipinski definition) is 8. The van der Waals surface area contributed by atoms with Gasteiger partial charge in [0.25, 0.3) is 0 Å². The fraction of sp³-hybridized carbons (Fsp3) is 0. The molecule has 0 fully saturated rings. The summed E-state index contributed by atoms with van der Waals surface area (Å²) < 4.78 is 2.11. The number of carboxylic acid groups (broad SMARTS) is 2. The van der Waals surface area contributed by atoms with E-state index in [2.05, 4.69) is 0 Å². The summed E-state index contributed by atoms with van der Waals surface area (Å²) in [4.78, 5) is 19.1. The van der Waals surface area contributed by atoms with Crippen molar-refractivity contribution in [1.29, 1.82) is 0 Å². The molecule has 0 atom stereocenters. The normalized spacial score (nSPS) is 8.62. The van der Waals surface area contributed by atoms with Gasteiger partial charge in [-0.2, -0.15) is 6.69 Å². The van der Waals surface area contributed by atoms with Crippen LogP contribution in [0.5, 0.6) is 0 Å². The van der Waals surface area contributed by atoms with Crippen molar-refractivity contribution in [2.75, 3.05) is 0 Å². The van der Waals surface area contributed by atoms with Crippen LogP contribution in [0.2, 0.25) is 0 Å². The van der Waals surface area contributed by atoms with E-state index in [0.29, 0.717) is 0 Å². The van der Waals surface area contributed by atoms with E-state index in [1.54, 1.807) is 0 Å². The first kappa shape index (κ1) is 12.9. The van der Waals surface area contributed by atoms with E-state index in [4.69, 9.17) is 0 Å². The zero-order chi connectivity index (χ0) is 9.14. The number of nitrogens with zero attached hydrogens (tertiary/aromatic N) is 2. The van der Waals surface area contributed by atoms with Crippen LogP contribution in [0.25, 0.3) is 0 Å². The minimum absolute atomic E-state index is 0. The summed E-state index contributed by atoms with van der Waals surface area (Å²) in [5.74, 6) is 0. The van der Waals surface area contributed by atoms with Crippen LogP contribution in [0.4, 0.5) is 9.59 Å². The number of rotatable bonds is 0. The summed E-state index contributed by atoms with van der Waals surface area (Å²) in [5, 5.41) is 19.1. The SMILES string of the molecule is O=C([O-])n1ss1.O=C([O-])n1ss1.[Ni+2]. The first-order chi connectivity index (χ1) is 5.61. The summed E-state index contributed by atoms with van der Waals surface area (Å²) >= 11 is 0. The van der Waals surface area contributed by atoms with Gasteiger partial charge in [0.1, 0.15) is 0 Å². The second-order valence-corrected chi connectivity index (χ2v) is 5.65. The number of hydrogen-bond donors (Lipinski definition) is 0. The van der Waals surface area contributed by atoms with E-state index in [-0.39, 0.29) is 16.5 Å². The molecule has 0 aliphatic heterocycles. The molecule has 0 N–H and O–H groups in total. The Hall–Kier alpha value is -0.0865. The fourth-order valence-electron chi connectivity index (χ4n) is 0.155. The molecule has 76 valence electrons. The van der Waals surface area contributed by atoms with E-state index in [0.717, 1.165) is 48.8 Å². The van der Waals surface area contributed by atoms with Gasteiger partial charge in [-0.05, 0) is 0 Å². The second-order valence-electron chi connectivity index (χ2n) is 1.34. The predicted molar refractivity (Wildman–Crippen MR) is 42.0 cm³/mol. The topological polar surface area (TPSA) is 90.1 Å². The van der Waals surface area contributed by atoms with E-state index in [1.165, 1.54) is 0 Å². The Labute approximate surface area is 96.9 Å². The number of aromatic nitrogens is 2. The molecule has 0 amide bonds.